The van der Waals surface area contributed by atoms with Gasteiger partial charge in [-0.25, -0.2) is 0 Å². The molecular formula is C17H25ClN2O3. The Hall–Kier alpha value is -1.07. The Morgan fingerprint density at radius 1 is 1.43 bits per heavy atom. The minimum Gasteiger partial charge on any atom is -0.371 e. The number of hydrogen-bond donors (Lipinski definition) is 0. The first-order valence-corrected chi connectivity index (χ1v) is 9.07. The van der Waals surface area contributed by atoms with E-state index in [1.165, 1.54) is 12.8 Å². The molecule has 0 spiro atoms. The highest BCUT2D eigenvalue weighted by Crippen LogP contribution is 2.37. The molecule has 1 saturated heterocycles. The molecule has 23 heavy (non-hydrogen) atoms. The van der Waals surface area contributed by atoms with Crippen LogP contribution in [0.15, 0.2) is 10.6 Å². The van der Waals surface area contributed by atoms with Crippen molar-refractivity contribution in [1.82, 2.24) is 10.1 Å². The summed E-state index contributed by atoms with van der Waals surface area (Å²) in [6, 6.07) is 1.67. The van der Waals surface area contributed by atoms with Crippen LogP contribution in [-0.4, -0.2) is 41.3 Å². The highest BCUT2D eigenvalue weighted by Gasteiger charge is 2.39. The zero-order valence-corrected chi connectivity index (χ0v) is 14.4. The second-order valence-corrected chi connectivity index (χ2v) is 7.08. The summed E-state index contributed by atoms with van der Waals surface area (Å²) in [5.41, 5.74) is 0. The van der Waals surface area contributed by atoms with E-state index in [0.29, 0.717) is 29.7 Å². The van der Waals surface area contributed by atoms with Gasteiger partial charge in [-0.05, 0) is 25.2 Å². The molecule has 1 aliphatic carbocycles. The van der Waals surface area contributed by atoms with Crippen molar-refractivity contribution in [2.45, 2.75) is 64.1 Å². The van der Waals surface area contributed by atoms with E-state index in [4.69, 9.17) is 20.9 Å². The lowest BCUT2D eigenvalue weighted by Crippen LogP contribution is -2.50. The lowest BCUT2D eigenvalue weighted by Gasteiger charge is -2.38. The summed E-state index contributed by atoms with van der Waals surface area (Å²) in [5, 5.41) is 3.98. The monoisotopic (exact) mass is 340 g/mol. The molecule has 2 atom stereocenters. The van der Waals surface area contributed by atoms with Gasteiger partial charge in [0.15, 0.2) is 5.15 Å². The third-order valence-corrected chi connectivity index (χ3v) is 4.87. The van der Waals surface area contributed by atoms with Crippen molar-refractivity contribution in [2.24, 2.45) is 5.92 Å². The molecule has 2 aliphatic rings. The van der Waals surface area contributed by atoms with E-state index in [-0.39, 0.29) is 18.1 Å². The Morgan fingerprint density at radius 3 is 2.91 bits per heavy atom. The van der Waals surface area contributed by atoms with Gasteiger partial charge in [-0.1, -0.05) is 36.5 Å². The van der Waals surface area contributed by atoms with Crippen LogP contribution in [0.5, 0.6) is 0 Å². The number of amides is 1. The Labute approximate surface area is 142 Å². The summed E-state index contributed by atoms with van der Waals surface area (Å²) < 4.78 is 11.3. The molecule has 1 aromatic rings. The number of aromatic nitrogens is 1. The lowest BCUT2D eigenvalue weighted by molar-refractivity contribution is -0.148. The standard InChI is InChI=1S/C17H25ClN2O3/c1-2-3-4-14-10-20(11-15(22-14)12-5-6-12)17(21)8-7-13-9-16(18)19-23-13/h9,12,14-15H,2-8,10-11H2,1H3/t14-,15-/m1/s1. The van der Waals surface area contributed by atoms with Crippen LogP contribution in [0.25, 0.3) is 0 Å². The summed E-state index contributed by atoms with van der Waals surface area (Å²) in [6.07, 6.45) is 7.24. The normalized spacial score (nSPS) is 24.9. The van der Waals surface area contributed by atoms with E-state index >= 15 is 0 Å². The molecule has 5 nitrogen and oxygen atoms in total. The largest absolute Gasteiger partial charge is 0.371 e. The minimum absolute atomic E-state index is 0.174. The maximum Gasteiger partial charge on any atom is 0.223 e. The van der Waals surface area contributed by atoms with Gasteiger partial charge in [-0.15, -0.1) is 0 Å². The van der Waals surface area contributed by atoms with Gasteiger partial charge in [-0.2, -0.15) is 0 Å². The van der Waals surface area contributed by atoms with Gasteiger partial charge in [0.2, 0.25) is 5.91 Å². The summed E-state index contributed by atoms with van der Waals surface area (Å²) >= 11 is 5.74. The highest BCUT2D eigenvalue weighted by atomic mass is 35.5. The molecule has 2 fully saturated rings. The van der Waals surface area contributed by atoms with Gasteiger partial charge in [-0.3, -0.25) is 4.79 Å². The first-order chi connectivity index (χ1) is 11.2. The Morgan fingerprint density at radius 2 is 2.26 bits per heavy atom. The van der Waals surface area contributed by atoms with Crippen LogP contribution in [0.3, 0.4) is 0 Å². The molecule has 1 aliphatic heterocycles. The number of rotatable bonds is 7. The minimum atomic E-state index is 0.174. The fraction of sp³-hybridized carbons (Fsp3) is 0.765. The van der Waals surface area contributed by atoms with Gasteiger partial charge < -0.3 is 14.2 Å². The molecule has 0 aromatic carbocycles. The number of unbranched alkanes of at least 4 members (excludes halogenated alkanes) is 1. The first-order valence-electron chi connectivity index (χ1n) is 8.70. The number of carbonyl (C=O) groups excluding carboxylic acids is 1. The number of nitrogens with zero attached hydrogens (tertiary/aromatic N) is 2. The van der Waals surface area contributed by atoms with Crippen molar-refractivity contribution in [2.75, 3.05) is 13.1 Å². The van der Waals surface area contributed by atoms with Crippen LogP contribution in [0.2, 0.25) is 5.15 Å². The topological polar surface area (TPSA) is 55.6 Å². The number of aryl methyl sites for hydroxylation is 1. The van der Waals surface area contributed by atoms with Crippen molar-refractivity contribution in [1.29, 1.82) is 0 Å². The zero-order valence-electron chi connectivity index (χ0n) is 13.7. The van der Waals surface area contributed by atoms with Gasteiger partial charge >= 0.3 is 0 Å². The van der Waals surface area contributed by atoms with E-state index in [1.807, 2.05) is 4.90 Å². The number of morpholine rings is 1. The molecule has 3 rings (SSSR count). The maximum absolute atomic E-state index is 12.6. The summed E-state index contributed by atoms with van der Waals surface area (Å²) in [5.74, 6) is 1.49. The average Bonchev–Trinajstić information content (AvgIpc) is 3.33. The van der Waals surface area contributed by atoms with E-state index in [1.54, 1.807) is 6.07 Å². The van der Waals surface area contributed by atoms with Crippen LogP contribution in [0, 0.1) is 5.92 Å². The third-order valence-electron chi connectivity index (χ3n) is 4.69. The Kier molecular flexibility index (Phi) is 5.59. The predicted molar refractivity (Wildman–Crippen MR) is 87.3 cm³/mol. The molecule has 2 heterocycles. The van der Waals surface area contributed by atoms with Crippen LogP contribution in [0.4, 0.5) is 0 Å². The van der Waals surface area contributed by atoms with E-state index in [2.05, 4.69) is 12.1 Å². The average molecular weight is 341 g/mol. The molecule has 0 N–H and O–H groups in total. The predicted octanol–water partition coefficient (Wildman–Crippen LogP) is 3.46. The van der Waals surface area contributed by atoms with Crippen LogP contribution in [0.1, 0.15) is 51.2 Å². The van der Waals surface area contributed by atoms with Crippen LogP contribution < -0.4 is 0 Å². The van der Waals surface area contributed by atoms with E-state index in [0.717, 1.165) is 32.4 Å². The van der Waals surface area contributed by atoms with Crippen molar-refractivity contribution in [3.05, 3.63) is 17.0 Å². The molecule has 0 radical (unpaired) electrons. The molecule has 1 aromatic heterocycles. The van der Waals surface area contributed by atoms with Gasteiger partial charge in [0.25, 0.3) is 0 Å². The summed E-state index contributed by atoms with van der Waals surface area (Å²) in [6.45, 7) is 3.65. The van der Waals surface area contributed by atoms with Crippen molar-refractivity contribution >= 4 is 17.5 Å². The van der Waals surface area contributed by atoms with Gasteiger partial charge in [0.1, 0.15) is 5.76 Å². The fourth-order valence-electron chi connectivity index (χ4n) is 3.19. The molecule has 6 heteroatoms. The zero-order chi connectivity index (χ0) is 16.2. The second-order valence-electron chi connectivity index (χ2n) is 6.69. The Balaban J connectivity index is 1.54. The van der Waals surface area contributed by atoms with Gasteiger partial charge in [0, 0.05) is 32.0 Å². The van der Waals surface area contributed by atoms with Crippen LogP contribution >= 0.6 is 11.6 Å². The van der Waals surface area contributed by atoms with Crippen molar-refractivity contribution in [3.63, 3.8) is 0 Å². The second kappa shape index (κ2) is 7.67. The molecule has 128 valence electrons. The van der Waals surface area contributed by atoms with Crippen molar-refractivity contribution < 1.29 is 14.1 Å². The summed E-state index contributed by atoms with van der Waals surface area (Å²) in [4.78, 5) is 14.6. The SMILES string of the molecule is CCCC[C@@H]1CN(C(=O)CCc2cc(Cl)no2)C[C@H](C2CC2)O1. The van der Waals surface area contributed by atoms with E-state index in [9.17, 15) is 4.79 Å². The van der Waals surface area contributed by atoms with Crippen molar-refractivity contribution in [3.8, 4) is 0 Å². The highest BCUT2D eigenvalue weighted by molar-refractivity contribution is 6.29. The summed E-state index contributed by atoms with van der Waals surface area (Å²) in [7, 11) is 0. The lowest BCUT2D eigenvalue weighted by atomic mass is 10.1. The number of carbonyl (C=O) groups is 1. The number of hydrogen-bond acceptors (Lipinski definition) is 4. The molecule has 0 unspecified atom stereocenters. The molecule has 0 bridgehead atoms. The molecule has 1 amide bonds. The van der Waals surface area contributed by atoms with Crippen LogP contribution in [-0.2, 0) is 16.0 Å². The first kappa shape index (κ1) is 16.8. The maximum atomic E-state index is 12.6. The fourth-order valence-corrected chi connectivity index (χ4v) is 3.34. The van der Waals surface area contributed by atoms with E-state index < -0.39 is 0 Å². The number of ether oxygens (including phenoxy) is 1. The molecule has 1 saturated carbocycles. The smallest absolute Gasteiger partial charge is 0.223 e. The molecular weight excluding hydrogens is 316 g/mol. The van der Waals surface area contributed by atoms with Gasteiger partial charge in [0.05, 0.1) is 12.2 Å². The third kappa shape index (κ3) is 4.70. The quantitative estimate of drug-likeness (QED) is 0.762. The number of halogens is 1. The Bertz CT molecular complexity index is 530.